The maximum absolute atomic E-state index is 11.5. The first-order valence-corrected chi connectivity index (χ1v) is 5.42. The van der Waals surface area contributed by atoms with Crippen LogP contribution >= 0.6 is 0 Å². The van der Waals surface area contributed by atoms with Gasteiger partial charge in [0.05, 0.1) is 12.4 Å². The molecular formula is C11H16N4O. The van der Waals surface area contributed by atoms with Crippen LogP contribution in [-0.2, 0) is 11.2 Å². The van der Waals surface area contributed by atoms with Crippen molar-refractivity contribution < 1.29 is 4.79 Å². The van der Waals surface area contributed by atoms with Crippen LogP contribution in [0.4, 0.5) is 0 Å². The maximum atomic E-state index is 11.5. The Hall–Kier alpha value is -1.83. The second kappa shape index (κ2) is 6.62. The molecule has 0 radical (unpaired) electrons. The summed E-state index contributed by atoms with van der Waals surface area (Å²) in [4.78, 5) is 18.4. The highest BCUT2D eigenvalue weighted by Crippen LogP contribution is 2.04. The molecule has 5 nitrogen and oxygen atoms in total. The second-order valence-corrected chi connectivity index (χ2v) is 3.59. The van der Waals surface area contributed by atoms with Crippen molar-refractivity contribution in [1.82, 2.24) is 15.3 Å². The Morgan fingerprint density at radius 1 is 1.75 bits per heavy atom. The monoisotopic (exact) mass is 220 g/mol. The van der Waals surface area contributed by atoms with Crippen LogP contribution in [0.15, 0.2) is 12.5 Å². The SMILES string of the molecule is CCCC(C#N)C(=O)NCCc1cnc[nH]1. The predicted molar refractivity (Wildman–Crippen MR) is 59.3 cm³/mol. The van der Waals surface area contributed by atoms with Crippen LogP contribution in [0, 0.1) is 17.2 Å². The van der Waals surface area contributed by atoms with E-state index in [1.807, 2.05) is 13.0 Å². The summed E-state index contributed by atoms with van der Waals surface area (Å²) >= 11 is 0. The third-order valence-electron chi connectivity index (χ3n) is 2.30. The molecule has 1 rings (SSSR count). The van der Waals surface area contributed by atoms with E-state index in [2.05, 4.69) is 15.3 Å². The van der Waals surface area contributed by atoms with E-state index in [0.717, 1.165) is 12.1 Å². The van der Waals surface area contributed by atoms with Crippen LogP contribution in [0.3, 0.4) is 0 Å². The molecule has 16 heavy (non-hydrogen) atoms. The number of imidazole rings is 1. The van der Waals surface area contributed by atoms with E-state index in [0.29, 0.717) is 19.4 Å². The normalized spacial score (nSPS) is 11.8. The summed E-state index contributed by atoms with van der Waals surface area (Å²) in [6, 6.07) is 2.01. The molecule has 1 amide bonds. The molecule has 1 aromatic rings. The number of carbonyl (C=O) groups excluding carboxylic acids is 1. The molecule has 1 unspecified atom stereocenters. The average molecular weight is 220 g/mol. The minimum Gasteiger partial charge on any atom is -0.355 e. The van der Waals surface area contributed by atoms with Crippen molar-refractivity contribution in [2.24, 2.45) is 5.92 Å². The van der Waals surface area contributed by atoms with Gasteiger partial charge in [-0.05, 0) is 6.42 Å². The largest absolute Gasteiger partial charge is 0.355 e. The third kappa shape index (κ3) is 3.73. The van der Waals surface area contributed by atoms with E-state index in [-0.39, 0.29) is 5.91 Å². The fourth-order valence-corrected chi connectivity index (χ4v) is 1.41. The van der Waals surface area contributed by atoms with Gasteiger partial charge in [-0.25, -0.2) is 4.98 Å². The molecular weight excluding hydrogens is 204 g/mol. The van der Waals surface area contributed by atoms with Crippen molar-refractivity contribution in [3.8, 4) is 6.07 Å². The molecule has 0 aliphatic rings. The lowest BCUT2D eigenvalue weighted by Crippen LogP contribution is -2.31. The Balaban J connectivity index is 2.27. The predicted octanol–water partition coefficient (Wildman–Crippen LogP) is 1.01. The van der Waals surface area contributed by atoms with E-state index >= 15 is 0 Å². The molecule has 0 aliphatic heterocycles. The molecule has 0 aromatic carbocycles. The molecule has 0 fully saturated rings. The van der Waals surface area contributed by atoms with Gasteiger partial charge in [0.2, 0.25) is 5.91 Å². The Morgan fingerprint density at radius 2 is 2.56 bits per heavy atom. The van der Waals surface area contributed by atoms with E-state index < -0.39 is 5.92 Å². The number of hydrogen-bond acceptors (Lipinski definition) is 3. The molecule has 5 heteroatoms. The number of hydrogen-bond donors (Lipinski definition) is 2. The summed E-state index contributed by atoms with van der Waals surface area (Å²) in [5.74, 6) is -0.698. The number of H-pyrrole nitrogens is 1. The number of aromatic amines is 1. The number of rotatable bonds is 6. The molecule has 0 bridgehead atoms. The van der Waals surface area contributed by atoms with Gasteiger partial charge in [-0.2, -0.15) is 5.26 Å². The molecule has 0 saturated heterocycles. The molecule has 86 valence electrons. The average Bonchev–Trinajstić information content (AvgIpc) is 2.78. The van der Waals surface area contributed by atoms with Crippen LogP contribution in [0.25, 0.3) is 0 Å². The van der Waals surface area contributed by atoms with Crippen LogP contribution in [0.5, 0.6) is 0 Å². The Labute approximate surface area is 94.9 Å². The van der Waals surface area contributed by atoms with Gasteiger partial charge in [-0.15, -0.1) is 0 Å². The van der Waals surface area contributed by atoms with Crippen molar-refractivity contribution in [2.75, 3.05) is 6.54 Å². The molecule has 0 saturated carbocycles. The Kier molecular flexibility index (Phi) is 5.06. The molecule has 0 spiro atoms. The lowest BCUT2D eigenvalue weighted by Gasteiger charge is -2.08. The van der Waals surface area contributed by atoms with Gasteiger partial charge < -0.3 is 10.3 Å². The van der Waals surface area contributed by atoms with Crippen molar-refractivity contribution in [3.63, 3.8) is 0 Å². The summed E-state index contributed by atoms with van der Waals surface area (Å²) in [5.41, 5.74) is 0.976. The van der Waals surface area contributed by atoms with E-state index in [9.17, 15) is 4.79 Å². The summed E-state index contributed by atoms with van der Waals surface area (Å²) in [5, 5.41) is 11.5. The number of nitriles is 1. The number of nitrogens with one attached hydrogen (secondary N) is 2. The Bertz CT molecular complexity index is 353. The third-order valence-corrected chi connectivity index (χ3v) is 2.30. The van der Waals surface area contributed by atoms with E-state index in [1.165, 1.54) is 0 Å². The first-order valence-electron chi connectivity index (χ1n) is 5.42. The fourth-order valence-electron chi connectivity index (χ4n) is 1.41. The highest BCUT2D eigenvalue weighted by molar-refractivity contribution is 5.80. The minimum absolute atomic E-state index is 0.177. The lowest BCUT2D eigenvalue weighted by atomic mass is 10.1. The van der Waals surface area contributed by atoms with Crippen LogP contribution in [0.2, 0.25) is 0 Å². The smallest absolute Gasteiger partial charge is 0.237 e. The standard InChI is InChI=1S/C11H16N4O/c1-2-3-9(6-12)11(16)14-5-4-10-7-13-8-15-10/h7-9H,2-5H2,1H3,(H,13,15)(H,14,16). The van der Waals surface area contributed by atoms with Crippen LogP contribution in [0.1, 0.15) is 25.5 Å². The summed E-state index contributed by atoms with van der Waals surface area (Å²) < 4.78 is 0. The molecule has 1 aromatic heterocycles. The highest BCUT2D eigenvalue weighted by atomic mass is 16.1. The topological polar surface area (TPSA) is 81.6 Å². The van der Waals surface area contributed by atoms with Crippen molar-refractivity contribution >= 4 is 5.91 Å². The molecule has 1 atom stereocenters. The van der Waals surface area contributed by atoms with Gasteiger partial charge in [0.1, 0.15) is 5.92 Å². The first kappa shape index (κ1) is 12.2. The highest BCUT2D eigenvalue weighted by Gasteiger charge is 2.15. The molecule has 0 aliphatic carbocycles. The van der Waals surface area contributed by atoms with Crippen molar-refractivity contribution in [1.29, 1.82) is 5.26 Å². The van der Waals surface area contributed by atoms with Gasteiger partial charge in [0, 0.05) is 24.9 Å². The fraction of sp³-hybridized carbons (Fsp3) is 0.545. The lowest BCUT2D eigenvalue weighted by molar-refractivity contribution is -0.123. The van der Waals surface area contributed by atoms with Gasteiger partial charge in [-0.1, -0.05) is 13.3 Å². The number of aromatic nitrogens is 2. The maximum Gasteiger partial charge on any atom is 0.237 e. The van der Waals surface area contributed by atoms with Crippen LogP contribution < -0.4 is 5.32 Å². The quantitative estimate of drug-likeness (QED) is 0.750. The van der Waals surface area contributed by atoms with E-state index in [4.69, 9.17) is 5.26 Å². The van der Waals surface area contributed by atoms with Crippen molar-refractivity contribution in [2.45, 2.75) is 26.2 Å². The minimum atomic E-state index is -0.522. The molecule has 1 heterocycles. The van der Waals surface area contributed by atoms with E-state index in [1.54, 1.807) is 12.5 Å². The zero-order valence-electron chi connectivity index (χ0n) is 9.36. The van der Waals surface area contributed by atoms with Gasteiger partial charge >= 0.3 is 0 Å². The first-order chi connectivity index (χ1) is 7.77. The number of amides is 1. The number of nitrogens with zero attached hydrogens (tertiary/aromatic N) is 2. The number of carbonyl (C=O) groups is 1. The van der Waals surface area contributed by atoms with Crippen LogP contribution in [-0.4, -0.2) is 22.4 Å². The summed E-state index contributed by atoms with van der Waals surface area (Å²) in [7, 11) is 0. The second-order valence-electron chi connectivity index (χ2n) is 3.59. The summed E-state index contributed by atoms with van der Waals surface area (Å²) in [6.07, 6.45) is 5.49. The van der Waals surface area contributed by atoms with Crippen molar-refractivity contribution in [3.05, 3.63) is 18.2 Å². The zero-order chi connectivity index (χ0) is 11.8. The Morgan fingerprint density at radius 3 is 3.12 bits per heavy atom. The van der Waals surface area contributed by atoms with Gasteiger partial charge in [0.25, 0.3) is 0 Å². The zero-order valence-corrected chi connectivity index (χ0v) is 9.36. The molecule has 2 N–H and O–H groups in total. The van der Waals surface area contributed by atoms with Gasteiger partial charge in [-0.3, -0.25) is 4.79 Å². The summed E-state index contributed by atoms with van der Waals surface area (Å²) in [6.45, 7) is 2.49. The van der Waals surface area contributed by atoms with Gasteiger partial charge in [0.15, 0.2) is 0 Å².